The fourth-order valence-electron chi connectivity index (χ4n) is 10.0. The number of nitrogens with one attached hydrogen (secondary N) is 2. The molecule has 0 radical (unpaired) electrons. The second-order valence-corrected chi connectivity index (χ2v) is 17.1. The minimum absolute atomic E-state index is 0.0501. The summed E-state index contributed by atoms with van der Waals surface area (Å²) in [6, 6.07) is 0. The van der Waals surface area contributed by atoms with Gasteiger partial charge >= 0.3 is 12.2 Å². The number of rotatable bonds is 15. The predicted octanol–water partition coefficient (Wildman–Crippen LogP) is 8.68. The first-order valence-corrected chi connectivity index (χ1v) is 19.0. The van der Waals surface area contributed by atoms with E-state index < -0.39 is 11.7 Å². The minimum Gasteiger partial charge on any atom is -0.446 e. The Labute approximate surface area is 286 Å². The molecule has 8 atom stereocenters. The van der Waals surface area contributed by atoms with Crippen molar-refractivity contribution in [2.24, 2.45) is 46.3 Å². The van der Waals surface area contributed by atoms with Crippen molar-refractivity contribution in [1.82, 2.24) is 10.6 Å². The topological polar surface area (TPSA) is 95.1 Å². The fraction of sp³-hybridized carbons (Fsp3) is 0.897. The van der Waals surface area contributed by atoms with E-state index in [0.29, 0.717) is 44.9 Å². The van der Waals surface area contributed by atoms with E-state index in [1.165, 1.54) is 51.4 Å². The molecular weight excluding hydrogens is 592 g/mol. The number of hydrogen-bond donors (Lipinski definition) is 2. The fourth-order valence-corrected chi connectivity index (χ4v) is 10.0. The molecule has 4 aliphatic rings. The Morgan fingerprint density at radius 3 is 2.21 bits per heavy atom. The van der Waals surface area contributed by atoms with Gasteiger partial charge in [0.2, 0.25) is 0 Å². The smallest absolute Gasteiger partial charge is 0.407 e. The van der Waals surface area contributed by atoms with Crippen molar-refractivity contribution in [2.45, 2.75) is 138 Å². The minimum atomic E-state index is -0.517. The molecule has 2 N–H and O–H groups in total. The molecule has 0 aromatic carbocycles. The molecule has 0 aromatic rings. The van der Waals surface area contributed by atoms with Crippen molar-refractivity contribution in [1.29, 1.82) is 0 Å². The van der Waals surface area contributed by atoms with Crippen molar-refractivity contribution >= 4 is 12.2 Å². The lowest BCUT2D eigenvalue weighted by Gasteiger charge is -2.58. The third kappa shape index (κ3) is 10.1. The lowest BCUT2D eigenvalue weighted by Crippen LogP contribution is -2.51. The summed E-state index contributed by atoms with van der Waals surface area (Å²) < 4.78 is 22.1. The van der Waals surface area contributed by atoms with Gasteiger partial charge in [-0.05, 0) is 112 Å². The van der Waals surface area contributed by atoms with E-state index in [1.54, 1.807) is 5.57 Å². The zero-order valence-electron chi connectivity index (χ0n) is 31.1. The first kappa shape index (κ1) is 38.0. The van der Waals surface area contributed by atoms with Crippen LogP contribution in [0.2, 0.25) is 0 Å². The van der Waals surface area contributed by atoms with Crippen LogP contribution in [0.25, 0.3) is 0 Å². The van der Waals surface area contributed by atoms with Crippen LogP contribution < -0.4 is 10.6 Å². The van der Waals surface area contributed by atoms with Gasteiger partial charge in [-0.15, -0.1) is 0 Å². The third-order valence-electron chi connectivity index (χ3n) is 12.3. The van der Waals surface area contributed by atoms with Crippen molar-refractivity contribution in [3.8, 4) is 0 Å². The zero-order chi connectivity index (χ0) is 34.2. The number of carbonyl (C=O) groups is 2. The molecule has 0 spiro atoms. The Hall–Kier alpha value is -1.80. The molecule has 8 heteroatoms. The van der Waals surface area contributed by atoms with Crippen molar-refractivity contribution in [2.75, 3.05) is 39.5 Å². The summed E-state index contributed by atoms with van der Waals surface area (Å²) >= 11 is 0. The SMILES string of the molecule is CC(C)CCC[C@@H](C)[C@@H]1CC[C@@H]2[C@@H]3CC=C4C[C@@H](OC(=O)NCCOCCOCCNC(=O)OC(C)(C)C)CC[C@]4(C)[C@@H]3CC[C@@]21C. The van der Waals surface area contributed by atoms with E-state index in [-0.39, 0.29) is 17.6 Å². The van der Waals surface area contributed by atoms with E-state index >= 15 is 0 Å². The van der Waals surface area contributed by atoms with Crippen molar-refractivity contribution < 1.29 is 28.5 Å². The largest absolute Gasteiger partial charge is 0.446 e. The van der Waals surface area contributed by atoms with Gasteiger partial charge in [0.25, 0.3) is 0 Å². The van der Waals surface area contributed by atoms with Gasteiger partial charge in [-0.25, -0.2) is 9.59 Å². The molecule has 0 unspecified atom stereocenters. The highest BCUT2D eigenvalue weighted by molar-refractivity contribution is 5.67. The van der Waals surface area contributed by atoms with Crippen LogP contribution in [0.4, 0.5) is 9.59 Å². The molecule has 270 valence electrons. The average Bonchev–Trinajstić information content (AvgIpc) is 3.34. The van der Waals surface area contributed by atoms with E-state index in [4.69, 9.17) is 18.9 Å². The van der Waals surface area contributed by atoms with Gasteiger partial charge in [-0.1, -0.05) is 65.5 Å². The summed E-state index contributed by atoms with van der Waals surface area (Å²) in [4.78, 5) is 24.2. The predicted molar refractivity (Wildman–Crippen MR) is 187 cm³/mol. The van der Waals surface area contributed by atoms with Gasteiger partial charge in [0.05, 0.1) is 26.4 Å². The van der Waals surface area contributed by atoms with Gasteiger partial charge in [0.1, 0.15) is 11.7 Å². The molecule has 0 aromatic heterocycles. The van der Waals surface area contributed by atoms with Crippen LogP contribution in [-0.2, 0) is 18.9 Å². The average molecular weight is 661 g/mol. The molecule has 3 fully saturated rings. The molecule has 0 bridgehead atoms. The molecular formula is C39H68N2O6. The Bertz CT molecular complexity index is 1050. The maximum Gasteiger partial charge on any atom is 0.407 e. The number of amides is 2. The Kier molecular flexibility index (Phi) is 13.5. The molecule has 8 nitrogen and oxygen atoms in total. The number of allylic oxidation sites excluding steroid dienone is 1. The van der Waals surface area contributed by atoms with Crippen LogP contribution >= 0.6 is 0 Å². The maximum atomic E-state index is 12.6. The van der Waals surface area contributed by atoms with Gasteiger partial charge in [-0.2, -0.15) is 0 Å². The summed E-state index contributed by atoms with van der Waals surface area (Å²) in [7, 11) is 0. The van der Waals surface area contributed by atoms with Crippen molar-refractivity contribution in [3.63, 3.8) is 0 Å². The van der Waals surface area contributed by atoms with E-state index in [9.17, 15) is 9.59 Å². The Balaban J connectivity index is 1.13. The molecule has 3 saturated carbocycles. The molecule has 47 heavy (non-hydrogen) atoms. The molecule has 4 aliphatic carbocycles. The molecule has 0 heterocycles. The number of hydrogen-bond acceptors (Lipinski definition) is 6. The molecule has 2 amide bonds. The summed E-state index contributed by atoms with van der Waals surface area (Å²) in [6.07, 6.45) is 15.6. The van der Waals surface area contributed by atoms with Crippen molar-refractivity contribution in [3.05, 3.63) is 11.6 Å². The second-order valence-electron chi connectivity index (χ2n) is 17.1. The highest BCUT2D eigenvalue weighted by Crippen LogP contribution is 2.67. The van der Waals surface area contributed by atoms with Crippen LogP contribution in [0.15, 0.2) is 11.6 Å². The molecule has 0 saturated heterocycles. The van der Waals surface area contributed by atoms with E-state index in [2.05, 4.69) is 51.3 Å². The summed E-state index contributed by atoms with van der Waals surface area (Å²) in [6.45, 7) is 20.3. The normalized spacial score (nSPS) is 32.4. The standard InChI is InChI=1S/C39H68N2O6/c1-27(2)10-9-11-28(3)32-14-15-33-31-13-12-29-26-30(16-18-38(29,7)34(31)17-19-39(32,33)8)46-35(42)40-20-22-44-24-25-45-23-21-41-36(43)47-37(4,5)6/h12,27-28,30-34H,9-11,13-26H2,1-8H3,(H,40,42)(H,41,43)/t28-,30+,31+,32+,33-,34-,38+,39-/m1/s1. The quantitative estimate of drug-likeness (QED) is 0.135. The van der Waals surface area contributed by atoms with Crippen LogP contribution in [0.3, 0.4) is 0 Å². The highest BCUT2D eigenvalue weighted by atomic mass is 16.6. The number of carbonyl (C=O) groups excluding carboxylic acids is 2. The lowest BCUT2D eigenvalue weighted by molar-refractivity contribution is -0.0581. The summed E-state index contributed by atoms with van der Waals surface area (Å²) in [5.41, 5.74) is 1.80. The molecule has 0 aliphatic heterocycles. The first-order valence-electron chi connectivity index (χ1n) is 19.0. The van der Waals surface area contributed by atoms with Gasteiger partial charge in [0.15, 0.2) is 0 Å². The van der Waals surface area contributed by atoms with Gasteiger partial charge in [0, 0.05) is 19.5 Å². The van der Waals surface area contributed by atoms with Gasteiger partial charge < -0.3 is 29.6 Å². The van der Waals surface area contributed by atoms with Crippen LogP contribution in [-0.4, -0.2) is 63.4 Å². The summed E-state index contributed by atoms with van der Waals surface area (Å²) in [5, 5.41) is 5.51. The van der Waals surface area contributed by atoms with E-state index in [1.807, 2.05) is 20.8 Å². The molecule has 4 rings (SSSR count). The maximum absolute atomic E-state index is 12.6. The zero-order valence-corrected chi connectivity index (χ0v) is 31.1. The lowest BCUT2D eigenvalue weighted by atomic mass is 9.47. The first-order chi connectivity index (χ1) is 22.2. The van der Waals surface area contributed by atoms with Crippen LogP contribution in [0.1, 0.15) is 126 Å². The van der Waals surface area contributed by atoms with E-state index in [0.717, 1.165) is 54.8 Å². The second kappa shape index (κ2) is 16.7. The number of alkyl carbamates (subject to hydrolysis) is 2. The van der Waals surface area contributed by atoms with Crippen LogP contribution in [0.5, 0.6) is 0 Å². The van der Waals surface area contributed by atoms with Crippen LogP contribution in [0, 0.1) is 46.3 Å². The summed E-state index contributed by atoms with van der Waals surface area (Å²) in [5.74, 6) is 5.00. The Morgan fingerprint density at radius 2 is 1.55 bits per heavy atom. The van der Waals surface area contributed by atoms with Gasteiger partial charge in [-0.3, -0.25) is 0 Å². The monoisotopic (exact) mass is 661 g/mol. The number of fused-ring (bicyclic) bond motifs is 5. The number of ether oxygens (including phenoxy) is 4. The third-order valence-corrected chi connectivity index (χ3v) is 12.3. The Morgan fingerprint density at radius 1 is 0.872 bits per heavy atom. The highest BCUT2D eigenvalue weighted by Gasteiger charge is 2.59.